The average Bonchev–Trinajstić information content (AvgIpc) is 3.22. The summed E-state index contributed by atoms with van der Waals surface area (Å²) in [6.07, 6.45) is 48.3. The van der Waals surface area contributed by atoms with Crippen molar-refractivity contribution in [3.8, 4) is 0 Å². The maximum Gasteiger partial charge on any atom is 0.306 e. The van der Waals surface area contributed by atoms with E-state index in [4.69, 9.17) is 14.2 Å². The molecule has 0 bridgehead atoms. The molecular formula is C52H100O6. The van der Waals surface area contributed by atoms with Crippen LogP contribution in [0.3, 0.4) is 0 Å². The molecule has 2 atom stereocenters. The number of carbonyl (C=O) groups excluding carboxylic acids is 3. The molecule has 0 fully saturated rings. The highest BCUT2D eigenvalue weighted by Crippen LogP contribution is 2.18. The summed E-state index contributed by atoms with van der Waals surface area (Å²) in [5.74, 6) is 0.0367. The molecule has 0 aliphatic heterocycles. The lowest BCUT2D eigenvalue weighted by Gasteiger charge is -2.18. The van der Waals surface area contributed by atoms with Crippen molar-refractivity contribution in [3.05, 3.63) is 0 Å². The highest BCUT2D eigenvalue weighted by atomic mass is 16.6. The van der Waals surface area contributed by atoms with Gasteiger partial charge in [0.2, 0.25) is 0 Å². The van der Waals surface area contributed by atoms with Crippen molar-refractivity contribution in [2.75, 3.05) is 13.2 Å². The average molecular weight is 821 g/mol. The Morgan fingerprint density at radius 2 is 0.603 bits per heavy atom. The number of esters is 3. The predicted octanol–water partition coefficient (Wildman–Crippen LogP) is 16.7. The Bertz CT molecular complexity index is 874. The van der Waals surface area contributed by atoms with Gasteiger partial charge in [0.1, 0.15) is 13.2 Å². The molecule has 1 unspecified atom stereocenters. The Kier molecular flexibility index (Phi) is 45.2. The molecule has 0 amide bonds. The molecule has 6 heteroatoms. The molecule has 6 nitrogen and oxygen atoms in total. The molecule has 0 aromatic rings. The van der Waals surface area contributed by atoms with Crippen LogP contribution in [0.4, 0.5) is 0 Å². The van der Waals surface area contributed by atoms with Crippen LogP contribution < -0.4 is 0 Å². The van der Waals surface area contributed by atoms with E-state index >= 15 is 0 Å². The molecule has 0 aromatic carbocycles. The van der Waals surface area contributed by atoms with Gasteiger partial charge in [0.05, 0.1) is 0 Å². The van der Waals surface area contributed by atoms with Crippen molar-refractivity contribution < 1.29 is 28.6 Å². The van der Waals surface area contributed by atoms with Crippen molar-refractivity contribution in [2.45, 2.75) is 297 Å². The maximum absolute atomic E-state index is 12.7. The summed E-state index contributed by atoms with van der Waals surface area (Å²) >= 11 is 0. The largest absolute Gasteiger partial charge is 0.462 e. The second-order valence-electron chi connectivity index (χ2n) is 18.1. The third kappa shape index (κ3) is 44.0. The first-order valence-electron chi connectivity index (χ1n) is 25.9. The van der Waals surface area contributed by atoms with E-state index in [-0.39, 0.29) is 31.1 Å². The van der Waals surface area contributed by atoms with Gasteiger partial charge >= 0.3 is 17.9 Å². The summed E-state index contributed by atoms with van der Waals surface area (Å²) in [5, 5.41) is 0. The molecule has 0 aromatic heterocycles. The predicted molar refractivity (Wildman–Crippen MR) is 247 cm³/mol. The summed E-state index contributed by atoms with van der Waals surface area (Å²) in [6, 6.07) is 0. The molecular weight excluding hydrogens is 721 g/mol. The van der Waals surface area contributed by atoms with Crippen LogP contribution >= 0.6 is 0 Å². The smallest absolute Gasteiger partial charge is 0.306 e. The summed E-state index contributed by atoms with van der Waals surface area (Å²) in [7, 11) is 0. The number of ether oxygens (including phenoxy) is 3. The second kappa shape index (κ2) is 46.5. The number of carbonyl (C=O) groups is 3. The van der Waals surface area contributed by atoms with E-state index in [1.165, 1.54) is 180 Å². The van der Waals surface area contributed by atoms with E-state index in [1.807, 2.05) is 0 Å². The Balaban J connectivity index is 4.10. The highest BCUT2D eigenvalue weighted by molar-refractivity contribution is 5.71. The van der Waals surface area contributed by atoms with Gasteiger partial charge in [-0.25, -0.2) is 0 Å². The van der Waals surface area contributed by atoms with Crippen molar-refractivity contribution in [3.63, 3.8) is 0 Å². The summed E-state index contributed by atoms with van der Waals surface area (Å²) in [6.45, 7) is 8.99. The quantitative estimate of drug-likeness (QED) is 0.0346. The minimum Gasteiger partial charge on any atom is -0.462 e. The van der Waals surface area contributed by atoms with Crippen LogP contribution in [-0.2, 0) is 28.6 Å². The minimum atomic E-state index is -0.759. The third-order valence-corrected chi connectivity index (χ3v) is 12.2. The third-order valence-electron chi connectivity index (χ3n) is 12.2. The van der Waals surface area contributed by atoms with E-state index in [2.05, 4.69) is 27.7 Å². The van der Waals surface area contributed by atoms with Crippen LogP contribution in [0.15, 0.2) is 0 Å². The Morgan fingerprint density at radius 1 is 0.345 bits per heavy atom. The highest BCUT2D eigenvalue weighted by Gasteiger charge is 2.19. The van der Waals surface area contributed by atoms with E-state index < -0.39 is 6.10 Å². The lowest BCUT2D eigenvalue weighted by Crippen LogP contribution is -2.30. The molecule has 0 spiro atoms. The van der Waals surface area contributed by atoms with Crippen LogP contribution in [0.5, 0.6) is 0 Å². The lowest BCUT2D eigenvalue weighted by molar-refractivity contribution is -0.167. The van der Waals surface area contributed by atoms with Crippen molar-refractivity contribution in [1.29, 1.82) is 0 Å². The first-order chi connectivity index (χ1) is 28.4. The zero-order chi connectivity index (χ0) is 42.4. The number of hydrogen-bond donors (Lipinski definition) is 0. The van der Waals surface area contributed by atoms with Crippen LogP contribution in [0.25, 0.3) is 0 Å². The Morgan fingerprint density at radius 3 is 0.897 bits per heavy atom. The van der Waals surface area contributed by atoms with Gasteiger partial charge in [-0.05, 0) is 25.2 Å². The fraction of sp³-hybridized carbons (Fsp3) is 0.942. The van der Waals surface area contributed by atoms with E-state index in [0.717, 1.165) is 70.1 Å². The normalized spacial score (nSPS) is 12.4. The van der Waals surface area contributed by atoms with Gasteiger partial charge < -0.3 is 14.2 Å². The molecule has 0 N–H and O–H groups in total. The molecule has 58 heavy (non-hydrogen) atoms. The molecule has 0 saturated heterocycles. The molecule has 0 saturated carbocycles. The standard InChI is InChI=1S/C52H100O6/c1-5-8-10-12-13-14-15-16-17-18-19-24-27-30-33-37-41-45-52(55)58-49(46-56-50(53)43-39-34-11-9-6-2)47-57-51(54)44-40-36-32-29-26-23-21-20-22-25-28-31-35-38-42-48(4)7-3/h48-49H,5-47H2,1-4H3/t48?,49-/m1/s1. The van der Waals surface area contributed by atoms with Crippen molar-refractivity contribution in [1.82, 2.24) is 0 Å². The Hall–Kier alpha value is -1.59. The van der Waals surface area contributed by atoms with Gasteiger partial charge in [0.25, 0.3) is 0 Å². The van der Waals surface area contributed by atoms with Crippen LogP contribution in [0.1, 0.15) is 291 Å². The molecule has 0 rings (SSSR count). The van der Waals surface area contributed by atoms with Crippen LogP contribution in [0.2, 0.25) is 0 Å². The first kappa shape index (κ1) is 56.4. The fourth-order valence-corrected chi connectivity index (χ4v) is 7.83. The maximum atomic E-state index is 12.7. The van der Waals surface area contributed by atoms with Gasteiger partial charge in [0.15, 0.2) is 6.10 Å². The van der Waals surface area contributed by atoms with Gasteiger partial charge in [0, 0.05) is 19.3 Å². The molecule has 0 aliphatic rings. The molecule has 0 radical (unpaired) electrons. The topological polar surface area (TPSA) is 78.9 Å². The summed E-state index contributed by atoms with van der Waals surface area (Å²) in [5.41, 5.74) is 0. The van der Waals surface area contributed by atoms with Crippen LogP contribution in [-0.4, -0.2) is 37.2 Å². The first-order valence-corrected chi connectivity index (χ1v) is 25.9. The fourth-order valence-electron chi connectivity index (χ4n) is 7.83. The summed E-state index contributed by atoms with van der Waals surface area (Å²) in [4.78, 5) is 37.6. The second-order valence-corrected chi connectivity index (χ2v) is 18.1. The number of unbranched alkanes of at least 4 members (excludes halogenated alkanes) is 33. The van der Waals surface area contributed by atoms with Crippen molar-refractivity contribution in [2.24, 2.45) is 5.92 Å². The van der Waals surface area contributed by atoms with Gasteiger partial charge in [-0.1, -0.05) is 252 Å². The van der Waals surface area contributed by atoms with E-state index in [1.54, 1.807) is 0 Å². The minimum absolute atomic E-state index is 0.0639. The number of hydrogen-bond acceptors (Lipinski definition) is 6. The zero-order valence-corrected chi connectivity index (χ0v) is 39.5. The van der Waals surface area contributed by atoms with Crippen LogP contribution in [0, 0.1) is 5.92 Å². The van der Waals surface area contributed by atoms with Gasteiger partial charge in [-0.3, -0.25) is 14.4 Å². The monoisotopic (exact) mass is 821 g/mol. The SMILES string of the molecule is CCCCCCCCCCCCCCCCCCCC(=O)O[C@H](COC(=O)CCCCCCC)COC(=O)CCCCCCCCCCCCCCCCC(C)CC. The molecule has 344 valence electrons. The lowest BCUT2D eigenvalue weighted by atomic mass is 9.99. The summed E-state index contributed by atoms with van der Waals surface area (Å²) < 4.78 is 16.7. The van der Waals surface area contributed by atoms with Gasteiger partial charge in [-0.2, -0.15) is 0 Å². The van der Waals surface area contributed by atoms with E-state index in [9.17, 15) is 14.4 Å². The number of rotatable bonds is 47. The van der Waals surface area contributed by atoms with Gasteiger partial charge in [-0.15, -0.1) is 0 Å². The van der Waals surface area contributed by atoms with E-state index in [0.29, 0.717) is 19.3 Å². The Labute approximate surface area is 361 Å². The van der Waals surface area contributed by atoms with Crippen molar-refractivity contribution >= 4 is 17.9 Å². The molecule has 0 aliphatic carbocycles. The zero-order valence-electron chi connectivity index (χ0n) is 39.5. The molecule has 0 heterocycles.